The summed E-state index contributed by atoms with van der Waals surface area (Å²) in [4.78, 5) is 23.6. The number of halogens is 1. The number of aliphatic carboxylic acids is 1. The minimum atomic E-state index is -1.11. The van der Waals surface area contributed by atoms with E-state index in [9.17, 15) is 14.7 Å². The van der Waals surface area contributed by atoms with E-state index in [-0.39, 0.29) is 18.6 Å². The van der Waals surface area contributed by atoms with Crippen LogP contribution >= 0.6 is 11.6 Å². The van der Waals surface area contributed by atoms with Gasteiger partial charge in [-0.15, -0.1) is 0 Å². The highest BCUT2D eigenvalue weighted by atomic mass is 35.5. The number of methoxy groups -OCH3 is 1. The highest BCUT2D eigenvalue weighted by Crippen LogP contribution is 2.23. The maximum Gasteiger partial charge on any atom is 0.326 e. The molecule has 2 N–H and O–H groups in total. The maximum absolute atomic E-state index is 12.4. The van der Waals surface area contributed by atoms with Crippen LogP contribution in [-0.2, 0) is 9.53 Å². The summed E-state index contributed by atoms with van der Waals surface area (Å²) in [5, 5.41) is 12.0. The largest absolute Gasteiger partial charge is 0.490 e. The molecule has 1 unspecified atom stereocenters. The van der Waals surface area contributed by atoms with Gasteiger partial charge in [-0.2, -0.15) is 0 Å². The summed E-state index contributed by atoms with van der Waals surface area (Å²) < 4.78 is 10.4. The van der Waals surface area contributed by atoms with E-state index >= 15 is 0 Å². The molecule has 0 saturated heterocycles. The lowest BCUT2D eigenvalue weighted by Crippen LogP contribution is -2.40. The summed E-state index contributed by atoms with van der Waals surface area (Å²) in [6.07, 6.45) is 3.59. The molecule has 0 radical (unpaired) electrons. The third kappa shape index (κ3) is 6.30. The van der Waals surface area contributed by atoms with Gasteiger partial charge in [-0.25, -0.2) is 4.79 Å². The topological polar surface area (TPSA) is 84.9 Å². The van der Waals surface area contributed by atoms with Gasteiger partial charge < -0.3 is 19.9 Å². The van der Waals surface area contributed by atoms with Gasteiger partial charge in [0.05, 0.1) is 12.2 Å². The Kier molecular flexibility index (Phi) is 8.15. The average molecular weight is 342 g/mol. The fourth-order valence-corrected chi connectivity index (χ4v) is 1.94. The SMILES string of the molecule is C/C=C/CC(NC(=O)c1cc(Cl)ccc1OCCOC)C(=O)O. The number of nitrogens with one attached hydrogen (secondary N) is 1. The van der Waals surface area contributed by atoms with Crippen molar-refractivity contribution in [3.63, 3.8) is 0 Å². The van der Waals surface area contributed by atoms with Crippen LogP contribution in [0.2, 0.25) is 5.02 Å². The Labute approximate surface area is 140 Å². The van der Waals surface area contributed by atoms with Crippen molar-refractivity contribution in [2.75, 3.05) is 20.3 Å². The minimum Gasteiger partial charge on any atom is -0.490 e. The van der Waals surface area contributed by atoms with Gasteiger partial charge in [-0.3, -0.25) is 4.79 Å². The first kappa shape index (κ1) is 19.0. The van der Waals surface area contributed by atoms with Crippen molar-refractivity contribution in [3.05, 3.63) is 40.9 Å². The highest BCUT2D eigenvalue weighted by Gasteiger charge is 2.21. The second-order valence-electron chi connectivity index (χ2n) is 4.65. The van der Waals surface area contributed by atoms with E-state index in [1.165, 1.54) is 13.2 Å². The van der Waals surface area contributed by atoms with Crippen LogP contribution in [0.25, 0.3) is 0 Å². The molecule has 0 heterocycles. The van der Waals surface area contributed by atoms with Gasteiger partial charge in [0.1, 0.15) is 18.4 Å². The predicted molar refractivity (Wildman–Crippen MR) is 87.1 cm³/mol. The molecule has 23 heavy (non-hydrogen) atoms. The van der Waals surface area contributed by atoms with E-state index in [0.29, 0.717) is 17.4 Å². The number of amides is 1. The molecule has 7 heteroatoms. The number of ether oxygens (including phenoxy) is 2. The Bertz CT molecular complexity index is 574. The number of benzene rings is 1. The van der Waals surface area contributed by atoms with Crippen molar-refractivity contribution < 1.29 is 24.2 Å². The van der Waals surface area contributed by atoms with Crippen LogP contribution in [0.1, 0.15) is 23.7 Å². The van der Waals surface area contributed by atoms with Crippen molar-refractivity contribution in [3.8, 4) is 5.75 Å². The summed E-state index contributed by atoms with van der Waals surface area (Å²) in [7, 11) is 1.54. The van der Waals surface area contributed by atoms with Gasteiger partial charge in [-0.05, 0) is 31.5 Å². The van der Waals surface area contributed by atoms with Crippen molar-refractivity contribution >= 4 is 23.5 Å². The Balaban J connectivity index is 2.91. The van der Waals surface area contributed by atoms with Gasteiger partial charge in [0.25, 0.3) is 5.91 Å². The van der Waals surface area contributed by atoms with E-state index < -0.39 is 17.9 Å². The average Bonchev–Trinajstić information content (AvgIpc) is 2.52. The Morgan fingerprint density at radius 2 is 2.13 bits per heavy atom. The van der Waals surface area contributed by atoms with Gasteiger partial charge in [0, 0.05) is 12.1 Å². The van der Waals surface area contributed by atoms with Crippen LogP contribution in [-0.4, -0.2) is 43.3 Å². The second-order valence-corrected chi connectivity index (χ2v) is 5.09. The molecule has 0 aliphatic rings. The van der Waals surface area contributed by atoms with E-state index in [1.807, 2.05) is 0 Å². The second kappa shape index (κ2) is 9.86. The summed E-state index contributed by atoms with van der Waals surface area (Å²) >= 11 is 5.92. The smallest absolute Gasteiger partial charge is 0.326 e. The summed E-state index contributed by atoms with van der Waals surface area (Å²) in [6.45, 7) is 2.40. The molecule has 0 saturated carbocycles. The number of allylic oxidation sites excluding steroid dienone is 1. The van der Waals surface area contributed by atoms with Crippen LogP contribution in [0, 0.1) is 0 Å². The molecular formula is C16H20ClNO5. The lowest BCUT2D eigenvalue weighted by atomic mass is 10.1. The number of carbonyl (C=O) groups excluding carboxylic acids is 1. The third-order valence-electron chi connectivity index (χ3n) is 2.94. The fourth-order valence-electron chi connectivity index (χ4n) is 1.77. The molecule has 1 aromatic rings. The molecule has 1 amide bonds. The van der Waals surface area contributed by atoms with E-state index in [1.54, 1.807) is 31.2 Å². The van der Waals surface area contributed by atoms with Crippen LogP contribution in [0.15, 0.2) is 30.4 Å². The molecule has 126 valence electrons. The first-order valence-corrected chi connectivity index (χ1v) is 7.43. The number of hydrogen-bond donors (Lipinski definition) is 2. The maximum atomic E-state index is 12.4. The number of rotatable bonds is 9. The molecule has 0 spiro atoms. The molecule has 0 fully saturated rings. The van der Waals surface area contributed by atoms with Gasteiger partial charge in [0.15, 0.2) is 0 Å². The van der Waals surface area contributed by atoms with Crippen molar-refractivity contribution in [1.29, 1.82) is 0 Å². The zero-order valence-corrected chi connectivity index (χ0v) is 13.8. The van der Waals surface area contributed by atoms with Crippen molar-refractivity contribution in [2.24, 2.45) is 0 Å². The van der Waals surface area contributed by atoms with E-state index in [4.69, 9.17) is 21.1 Å². The Morgan fingerprint density at radius 1 is 1.39 bits per heavy atom. The quantitative estimate of drug-likeness (QED) is 0.532. The number of carbonyl (C=O) groups is 2. The van der Waals surface area contributed by atoms with Crippen LogP contribution in [0.5, 0.6) is 5.75 Å². The zero-order valence-electron chi connectivity index (χ0n) is 13.0. The normalized spacial score (nSPS) is 12.1. The molecule has 1 rings (SSSR count). The number of carboxylic acids is 1. The molecule has 1 aromatic carbocycles. The van der Waals surface area contributed by atoms with Gasteiger partial charge >= 0.3 is 5.97 Å². The van der Waals surface area contributed by atoms with E-state index in [0.717, 1.165) is 0 Å². The Morgan fingerprint density at radius 3 is 2.74 bits per heavy atom. The van der Waals surface area contributed by atoms with Gasteiger partial charge in [-0.1, -0.05) is 23.8 Å². The number of carboxylic acid groups (broad SMARTS) is 1. The first-order chi connectivity index (χ1) is 11.0. The predicted octanol–water partition coefficient (Wildman–Crippen LogP) is 2.51. The lowest BCUT2D eigenvalue weighted by Gasteiger charge is -2.15. The molecule has 1 atom stereocenters. The molecule has 0 aliphatic heterocycles. The van der Waals surface area contributed by atoms with Crippen molar-refractivity contribution in [2.45, 2.75) is 19.4 Å². The summed E-state index contributed by atoms with van der Waals surface area (Å²) in [5.41, 5.74) is 0.181. The van der Waals surface area contributed by atoms with Crippen molar-refractivity contribution in [1.82, 2.24) is 5.32 Å². The lowest BCUT2D eigenvalue weighted by molar-refractivity contribution is -0.139. The molecule has 0 aliphatic carbocycles. The summed E-state index contributed by atoms with van der Waals surface area (Å²) in [5.74, 6) is -1.35. The molecule has 6 nitrogen and oxygen atoms in total. The minimum absolute atomic E-state index is 0.181. The summed E-state index contributed by atoms with van der Waals surface area (Å²) in [6, 6.07) is 3.57. The van der Waals surface area contributed by atoms with Crippen LogP contribution < -0.4 is 10.1 Å². The third-order valence-corrected chi connectivity index (χ3v) is 3.18. The highest BCUT2D eigenvalue weighted by molar-refractivity contribution is 6.31. The zero-order chi connectivity index (χ0) is 17.2. The van der Waals surface area contributed by atoms with Crippen LogP contribution in [0.3, 0.4) is 0 Å². The van der Waals surface area contributed by atoms with Gasteiger partial charge in [0.2, 0.25) is 0 Å². The fraction of sp³-hybridized carbons (Fsp3) is 0.375. The first-order valence-electron chi connectivity index (χ1n) is 7.05. The monoisotopic (exact) mass is 341 g/mol. The standard InChI is InChI=1S/C16H20ClNO5/c1-3-4-5-13(16(20)21)18-15(19)12-10-11(17)6-7-14(12)23-9-8-22-2/h3-4,6-7,10,13H,5,8-9H2,1-2H3,(H,18,19)(H,20,21)/b4-3+. The molecule has 0 aromatic heterocycles. The molecular weight excluding hydrogens is 322 g/mol. The number of hydrogen-bond acceptors (Lipinski definition) is 4. The van der Waals surface area contributed by atoms with Crippen LogP contribution in [0.4, 0.5) is 0 Å². The van der Waals surface area contributed by atoms with E-state index in [2.05, 4.69) is 5.32 Å². The molecule has 0 bridgehead atoms. The Hall–Kier alpha value is -2.05.